The Morgan fingerprint density at radius 3 is 0.619 bits per heavy atom. The van der Waals surface area contributed by atoms with Gasteiger partial charge in [-0.3, -0.25) is 0 Å². The van der Waals surface area contributed by atoms with Gasteiger partial charge in [0.25, 0.3) is 0 Å². The molecule has 42 heavy (non-hydrogen) atoms. The van der Waals surface area contributed by atoms with Crippen LogP contribution in [0.2, 0.25) is 0 Å². The SMILES string of the molecule is CN1[C]N(CN2[C]N(C)C=C2)C=C1.CN1[C]N(CN2[C]N(C)C=C2)C=C1.F[P-](F)(F)(F)(F)F.F[P-](F)(F)(F)(F)F.[Cu+].[Cu+]. The topological polar surface area (TPSA) is 25.9 Å². The second kappa shape index (κ2) is 13.2. The van der Waals surface area contributed by atoms with Gasteiger partial charge >= 0.3 is 100 Å². The zero-order valence-corrected chi connectivity index (χ0v) is 25.3. The van der Waals surface area contributed by atoms with Crippen molar-refractivity contribution in [1.82, 2.24) is 39.2 Å². The fourth-order valence-electron chi connectivity index (χ4n) is 2.44. The molecule has 4 aliphatic heterocycles. The Morgan fingerprint density at radius 1 is 0.381 bits per heavy atom. The molecular weight excluding hydrogens is 745 g/mol. The normalized spacial score (nSPS) is 20.8. The quantitative estimate of drug-likeness (QED) is 0.165. The molecule has 0 unspecified atom stereocenters. The second-order valence-corrected chi connectivity index (χ2v) is 11.9. The molecule has 0 fully saturated rings. The Balaban J connectivity index is 0. The van der Waals surface area contributed by atoms with Crippen LogP contribution in [-0.2, 0) is 34.1 Å². The molecule has 4 rings (SSSR count). The van der Waals surface area contributed by atoms with Gasteiger partial charge in [0, 0.05) is 77.8 Å². The van der Waals surface area contributed by atoms with Crippen molar-refractivity contribution in [2.24, 2.45) is 0 Å². The van der Waals surface area contributed by atoms with E-state index in [4.69, 9.17) is 0 Å². The Bertz CT molecular complexity index is 831. The summed E-state index contributed by atoms with van der Waals surface area (Å²) in [5, 5.41) is 0. The van der Waals surface area contributed by atoms with Gasteiger partial charge in [-0.15, -0.1) is 0 Å². The molecule has 0 saturated carbocycles. The molecule has 0 amide bonds. The molecule has 0 saturated heterocycles. The summed E-state index contributed by atoms with van der Waals surface area (Å²) in [5.74, 6) is 0. The van der Waals surface area contributed by atoms with Gasteiger partial charge in [-0.2, -0.15) is 0 Å². The molecule has 4 heterocycles. The summed E-state index contributed by atoms with van der Waals surface area (Å²) in [7, 11) is -13.5. The molecule has 0 aromatic carbocycles. The first-order valence-corrected chi connectivity index (χ1v) is 14.3. The molecule has 8 radical (unpaired) electrons. The third-order valence-electron chi connectivity index (χ3n) is 3.64. The van der Waals surface area contributed by atoms with E-state index in [0.29, 0.717) is 0 Å². The summed E-state index contributed by atoms with van der Waals surface area (Å²) in [5.41, 5.74) is 0. The van der Waals surface area contributed by atoms with E-state index in [0.717, 1.165) is 13.3 Å². The number of rotatable bonds is 4. The third kappa shape index (κ3) is 29.9. The molecule has 0 aliphatic carbocycles. The van der Waals surface area contributed by atoms with Crippen LogP contribution in [0, 0.1) is 26.7 Å². The Hall–Kier alpha value is -1.58. The smallest absolute Gasteiger partial charge is 1.00 e. The van der Waals surface area contributed by atoms with Crippen molar-refractivity contribution >= 4 is 15.6 Å². The minimum Gasteiger partial charge on any atom is 1.00 e. The summed E-state index contributed by atoms with van der Waals surface area (Å²) >= 11 is 0. The standard InChI is InChI=1S/2C9H12N4.2Cu.2F6P/c2*1-10-3-5-12(7-10)9-13-6-4-11(2)8-13;;;2*1-7(2,3,4,5)6/h2*3-6H,9H2,1-2H3;;;;/q;;2*+1;2*-1. The molecule has 0 spiro atoms. The average Bonchev–Trinajstić information content (AvgIpc) is 3.44. The molecule has 0 N–H and O–H groups in total. The first-order chi connectivity index (χ1) is 17.4. The van der Waals surface area contributed by atoms with E-state index < -0.39 is 15.6 Å². The molecule has 252 valence electrons. The number of halogens is 12. The maximum absolute atomic E-state index is 10.7. The second-order valence-electron chi connectivity index (χ2n) is 8.11. The van der Waals surface area contributed by atoms with Crippen LogP contribution in [0.25, 0.3) is 0 Å². The van der Waals surface area contributed by atoms with E-state index >= 15 is 0 Å². The van der Waals surface area contributed by atoms with Gasteiger partial charge in [0.1, 0.15) is 0 Å². The Labute approximate surface area is 256 Å². The van der Waals surface area contributed by atoms with E-state index in [1.807, 2.05) is 117 Å². The fourth-order valence-corrected chi connectivity index (χ4v) is 2.44. The Morgan fingerprint density at radius 2 is 0.524 bits per heavy atom. The number of hydrogen-bond acceptors (Lipinski definition) is 8. The van der Waals surface area contributed by atoms with Crippen molar-refractivity contribution in [1.29, 1.82) is 0 Å². The Kier molecular flexibility index (Phi) is 13.4. The van der Waals surface area contributed by atoms with E-state index in [-0.39, 0.29) is 34.1 Å². The van der Waals surface area contributed by atoms with Gasteiger partial charge in [0.05, 0.1) is 13.3 Å². The van der Waals surface area contributed by atoms with Crippen molar-refractivity contribution in [2.75, 3.05) is 41.5 Å². The van der Waals surface area contributed by atoms with E-state index in [1.54, 1.807) is 0 Å². The summed E-state index contributed by atoms with van der Waals surface area (Å²) in [4.78, 5) is 15.4. The summed E-state index contributed by atoms with van der Waals surface area (Å²) in [6.45, 7) is 14.0. The largest absolute Gasteiger partial charge is 1.00 e. The van der Waals surface area contributed by atoms with Crippen molar-refractivity contribution < 1.29 is 84.5 Å². The van der Waals surface area contributed by atoms with Crippen LogP contribution in [-0.4, -0.2) is 80.7 Å². The third-order valence-corrected chi connectivity index (χ3v) is 3.64. The summed E-state index contributed by atoms with van der Waals surface area (Å²) in [6, 6.07) is 0. The first kappa shape index (κ1) is 42.6. The van der Waals surface area contributed by atoms with Crippen LogP contribution in [0.5, 0.6) is 0 Å². The fraction of sp³-hybridized carbons (Fsp3) is 0.333. The molecule has 8 nitrogen and oxygen atoms in total. The van der Waals surface area contributed by atoms with Crippen molar-refractivity contribution in [3.8, 4) is 0 Å². The van der Waals surface area contributed by atoms with Crippen LogP contribution in [0.4, 0.5) is 50.4 Å². The minimum atomic E-state index is -10.7. The van der Waals surface area contributed by atoms with Crippen LogP contribution in [0.15, 0.2) is 49.6 Å². The van der Waals surface area contributed by atoms with Gasteiger partial charge < -0.3 is 39.2 Å². The molecule has 0 aromatic heterocycles. The summed E-state index contributed by atoms with van der Waals surface area (Å²) < 4.78 is 118. The van der Waals surface area contributed by atoms with Gasteiger partial charge in [-0.1, -0.05) is 0 Å². The van der Waals surface area contributed by atoms with Crippen LogP contribution < -0.4 is 0 Å². The molecule has 0 aromatic rings. The van der Waals surface area contributed by atoms with E-state index in [9.17, 15) is 50.4 Å². The summed E-state index contributed by atoms with van der Waals surface area (Å²) in [6.07, 6.45) is 15.8. The minimum absolute atomic E-state index is 0. The van der Waals surface area contributed by atoms with Gasteiger partial charge in [-0.05, 0) is 0 Å². The predicted octanol–water partition coefficient (Wildman–Crippen LogP) is 7.51. The number of hydrogen-bond donors (Lipinski definition) is 0. The molecular formula is C18H24Cu2F12N8P2. The van der Waals surface area contributed by atoms with Gasteiger partial charge in [-0.25, -0.2) is 0 Å². The maximum Gasteiger partial charge on any atom is 1.00 e. The van der Waals surface area contributed by atoms with Gasteiger partial charge in [0.2, 0.25) is 26.7 Å². The zero-order valence-electron chi connectivity index (χ0n) is 21.6. The average molecular weight is 769 g/mol. The van der Waals surface area contributed by atoms with Crippen molar-refractivity contribution in [3.63, 3.8) is 0 Å². The number of nitrogens with zero attached hydrogens (tertiary/aromatic N) is 8. The monoisotopic (exact) mass is 768 g/mol. The van der Waals surface area contributed by atoms with Crippen molar-refractivity contribution in [3.05, 3.63) is 76.3 Å². The zero-order chi connectivity index (χ0) is 31.3. The first-order valence-electron chi connectivity index (χ1n) is 10.3. The van der Waals surface area contributed by atoms with Crippen LogP contribution in [0.3, 0.4) is 0 Å². The van der Waals surface area contributed by atoms with Crippen LogP contribution >= 0.6 is 15.6 Å². The molecule has 24 heteroatoms. The van der Waals surface area contributed by atoms with E-state index in [2.05, 4.69) is 26.7 Å². The van der Waals surface area contributed by atoms with Crippen LogP contribution in [0.1, 0.15) is 0 Å². The molecule has 4 aliphatic rings. The molecule has 0 bridgehead atoms. The van der Waals surface area contributed by atoms with Crippen molar-refractivity contribution in [2.45, 2.75) is 0 Å². The predicted molar refractivity (Wildman–Crippen MR) is 125 cm³/mol. The maximum atomic E-state index is 9.87. The van der Waals surface area contributed by atoms with Gasteiger partial charge in [0.15, 0.2) is 0 Å². The molecule has 0 atom stereocenters. The van der Waals surface area contributed by atoms with E-state index in [1.165, 1.54) is 0 Å².